The summed E-state index contributed by atoms with van der Waals surface area (Å²) in [6.07, 6.45) is 1.78. The van der Waals surface area contributed by atoms with Gasteiger partial charge in [0.05, 0.1) is 0 Å². The first kappa shape index (κ1) is 14.7. The SMILES string of the molecule is CC(Cc1ccccc1)(Cc1ccccc1)NCCF. The monoisotopic (exact) mass is 271 g/mol. The molecular weight excluding hydrogens is 249 g/mol. The molecule has 0 saturated heterocycles. The third kappa shape index (κ3) is 4.46. The molecule has 2 heteroatoms. The van der Waals surface area contributed by atoms with Gasteiger partial charge in [-0.2, -0.15) is 0 Å². The van der Waals surface area contributed by atoms with Gasteiger partial charge in [0.15, 0.2) is 0 Å². The number of alkyl halides is 1. The van der Waals surface area contributed by atoms with Crippen molar-refractivity contribution in [1.82, 2.24) is 5.32 Å². The smallest absolute Gasteiger partial charge is 0.102 e. The van der Waals surface area contributed by atoms with E-state index in [1.807, 2.05) is 36.4 Å². The molecule has 0 spiro atoms. The predicted octanol–water partition coefficient (Wildman–Crippen LogP) is 3.79. The lowest BCUT2D eigenvalue weighted by Gasteiger charge is -2.31. The highest BCUT2D eigenvalue weighted by atomic mass is 19.1. The largest absolute Gasteiger partial charge is 0.308 e. The lowest BCUT2D eigenvalue weighted by atomic mass is 9.86. The minimum Gasteiger partial charge on any atom is -0.308 e. The van der Waals surface area contributed by atoms with Crippen molar-refractivity contribution in [3.05, 3.63) is 71.8 Å². The van der Waals surface area contributed by atoms with Crippen LogP contribution in [0.4, 0.5) is 4.39 Å². The molecule has 0 aromatic heterocycles. The number of rotatable bonds is 7. The van der Waals surface area contributed by atoms with Crippen LogP contribution in [-0.2, 0) is 12.8 Å². The summed E-state index contributed by atoms with van der Waals surface area (Å²) in [5.74, 6) is 0. The van der Waals surface area contributed by atoms with Crippen molar-refractivity contribution in [2.75, 3.05) is 13.2 Å². The Morgan fingerprint density at radius 1 is 0.850 bits per heavy atom. The maximum atomic E-state index is 12.5. The number of nitrogens with one attached hydrogen (secondary N) is 1. The fourth-order valence-electron chi connectivity index (χ4n) is 2.63. The Hall–Kier alpha value is -1.67. The van der Waals surface area contributed by atoms with Gasteiger partial charge in [-0.15, -0.1) is 0 Å². The molecule has 0 bridgehead atoms. The lowest BCUT2D eigenvalue weighted by Crippen LogP contribution is -2.47. The van der Waals surface area contributed by atoms with Crippen molar-refractivity contribution in [1.29, 1.82) is 0 Å². The van der Waals surface area contributed by atoms with E-state index in [0.717, 1.165) is 12.8 Å². The normalized spacial score (nSPS) is 11.5. The van der Waals surface area contributed by atoms with E-state index in [1.54, 1.807) is 0 Å². The molecule has 0 amide bonds. The van der Waals surface area contributed by atoms with E-state index in [-0.39, 0.29) is 12.2 Å². The molecule has 2 aromatic rings. The minimum absolute atomic E-state index is 0.130. The van der Waals surface area contributed by atoms with E-state index in [0.29, 0.717) is 6.54 Å². The van der Waals surface area contributed by atoms with Crippen LogP contribution in [0.15, 0.2) is 60.7 Å². The fourth-order valence-corrected chi connectivity index (χ4v) is 2.63. The Morgan fingerprint density at radius 3 is 1.70 bits per heavy atom. The van der Waals surface area contributed by atoms with Gasteiger partial charge in [-0.25, -0.2) is 4.39 Å². The standard InChI is InChI=1S/C18H22FN/c1-18(20-13-12-19,14-16-8-4-2-5-9-16)15-17-10-6-3-7-11-17/h2-11,20H,12-15H2,1H3. The third-order valence-electron chi connectivity index (χ3n) is 3.52. The van der Waals surface area contributed by atoms with Gasteiger partial charge in [0.25, 0.3) is 0 Å². The molecule has 1 nitrogen and oxygen atoms in total. The summed E-state index contributed by atoms with van der Waals surface area (Å²) in [4.78, 5) is 0. The molecule has 2 rings (SSSR count). The molecule has 0 aliphatic carbocycles. The van der Waals surface area contributed by atoms with Crippen molar-refractivity contribution in [2.45, 2.75) is 25.3 Å². The van der Waals surface area contributed by atoms with Crippen LogP contribution in [0.2, 0.25) is 0 Å². The fraction of sp³-hybridized carbons (Fsp3) is 0.333. The number of benzene rings is 2. The van der Waals surface area contributed by atoms with Gasteiger partial charge in [0.2, 0.25) is 0 Å². The zero-order chi connectivity index (χ0) is 14.3. The average Bonchev–Trinajstić information content (AvgIpc) is 2.47. The van der Waals surface area contributed by atoms with Crippen LogP contribution in [0.25, 0.3) is 0 Å². The van der Waals surface area contributed by atoms with Crippen LogP contribution in [0, 0.1) is 0 Å². The van der Waals surface area contributed by atoms with Gasteiger partial charge in [-0.3, -0.25) is 0 Å². The summed E-state index contributed by atoms with van der Waals surface area (Å²) >= 11 is 0. The topological polar surface area (TPSA) is 12.0 Å². The van der Waals surface area contributed by atoms with E-state index in [9.17, 15) is 4.39 Å². The molecule has 0 unspecified atom stereocenters. The van der Waals surface area contributed by atoms with Crippen LogP contribution in [0.3, 0.4) is 0 Å². The van der Waals surface area contributed by atoms with Gasteiger partial charge < -0.3 is 5.32 Å². The van der Waals surface area contributed by atoms with Crippen molar-refractivity contribution >= 4 is 0 Å². The highest BCUT2D eigenvalue weighted by molar-refractivity contribution is 5.22. The highest BCUT2D eigenvalue weighted by Gasteiger charge is 2.24. The van der Waals surface area contributed by atoms with E-state index in [2.05, 4.69) is 36.5 Å². The minimum atomic E-state index is -0.334. The molecule has 0 radical (unpaired) electrons. The van der Waals surface area contributed by atoms with E-state index >= 15 is 0 Å². The Balaban J connectivity index is 2.12. The van der Waals surface area contributed by atoms with Crippen LogP contribution < -0.4 is 5.32 Å². The predicted molar refractivity (Wildman–Crippen MR) is 82.7 cm³/mol. The molecule has 0 aliphatic rings. The van der Waals surface area contributed by atoms with Gasteiger partial charge in [-0.05, 0) is 30.9 Å². The molecule has 0 heterocycles. The zero-order valence-electron chi connectivity index (χ0n) is 12.0. The van der Waals surface area contributed by atoms with Crippen LogP contribution in [0.1, 0.15) is 18.1 Å². The number of hydrogen-bond donors (Lipinski definition) is 1. The molecule has 2 aromatic carbocycles. The first-order valence-electron chi connectivity index (χ1n) is 7.11. The molecular formula is C18H22FN. The Morgan fingerprint density at radius 2 is 1.30 bits per heavy atom. The second kappa shape index (κ2) is 7.20. The van der Waals surface area contributed by atoms with Gasteiger partial charge in [0.1, 0.15) is 6.67 Å². The molecule has 1 N–H and O–H groups in total. The maximum Gasteiger partial charge on any atom is 0.102 e. The summed E-state index contributed by atoms with van der Waals surface area (Å²) < 4.78 is 12.5. The highest BCUT2D eigenvalue weighted by Crippen LogP contribution is 2.19. The van der Waals surface area contributed by atoms with Crippen molar-refractivity contribution < 1.29 is 4.39 Å². The average molecular weight is 271 g/mol. The van der Waals surface area contributed by atoms with Crippen LogP contribution in [0.5, 0.6) is 0 Å². The van der Waals surface area contributed by atoms with Gasteiger partial charge in [-0.1, -0.05) is 60.7 Å². The molecule has 106 valence electrons. The van der Waals surface area contributed by atoms with Crippen molar-refractivity contribution in [3.63, 3.8) is 0 Å². The summed E-state index contributed by atoms with van der Waals surface area (Å²) in [5.41, 5.74) is 2.42. The van der Waals surface area contributed by atoms with E-state index in [4.69, 9.17) is 0 Å². The van der Waals surface area contributed by atoms with Crippen LogP contribution >= 0.6 is 0 Å². The summed E-state index contributed by atoms with van der Waals surface area (Å²) in [5, 5.41) is 3.37. The first-order valence-corrected chi connectivity index (χ1v) is 7.11. The molecule has 0 aliphatic heterocycles. The Labute approximate surface area is 120 Å². The van der Waals surface area contributed by atoms with Crippen molar-refractivity contribution in [2.24, 2.45) is 0 Å². The van der Waals surface area contributed by atoms with E-state index in [1.165, 1.54) is 11.1 Å². The number of halogens is 1. The summed E-state index contributed by atoms with van der Waals surface area (Å²) in [7, 11) is 0. The Kier molecular flexibility index (Phi) is 5.31. The van der Waals surface area contributed by atoms with Crippen LogP contribution in [-0.4, -0.2) is 18.8 Å². The maximum absolute atomic E-state index is 12.5. The molecule has 0 fully saturated rings. The zero-order valence-corrected chi connectivity index (χ0v) is 12.0. The summed E-state index contributed by atoms with van der Waals surface area (Å²) in [6, 6.07) is 20.7. The quantitative estimate of drug-likeness (QED) is 0.808. The molecule has 0 atom stereocenters. The molecule has 20 heavy (non-hydrogen) atoms. The van der Waals surface area contributed by atoms with Crippen molar-refractivity contribution in [3.8, 4) is 0 Å². The lowest BCUT2D eigenvalue weighted by molar-refractivity contribution is 0.327. The summed E-state index contributed by atoms with van der Waals surface area (Å²) in [6.45, 7) is 2.23. The molecule has 0 saturated carbocycles. The first-order chi connectivity index (χ1) is 9.72. The van der Waals surface area contributed by atoms with Gasteiger partial charge in [0, 0.05) is 12.1 Å². The second-order valence-electron chi connectivity index (χ2n) is 5.50. The second-order valence-corrected chi connectivity index (χ2v) is 5.50. The Bertz CT molecular complexity index is 454. The van der Waals surface area contributed by atoms with Gasteiger partial charge >= 0.3 is 0 Å². The third-order valence-corrected chi connectivity index (χ3v) is 3.52. The van der Waals surface area contributed by atoms with E-state index < -0.39 is 0 Å². The number of hydrogen-bond acceptors (Lipinski definition) is 1.